The van der Waals surface area contributed by atoms with Gasteiger partial charge in [-0.15, -0.1) is 11.3 Å². The number of carbonyl (C=O) groups excluding carboxylic acids is 1. The molecule has 29 heavy (non-hydrogen) atoms. The first-order valence-corrected chi connectivity index (χ1v) is 9.43. The van der Waals surface area contributed by atoms with Gasteiger partial charge in [-0.1, -0.05) is 12.1 Å². The second kappa shape index (κ2) is 9.20. The summed E-state index contributed by atoms with van der Waals surface area (Å²) in [6, 6.07) is 9.97. The van der Waals surface area contributed by atoms with Crippen LogP contribution in [-0.2, 0) is 4.79 Å². The monoisotopic (exact) mass is 414 g/mol. The highest BCUT2D eigenvalue weighted by Crippen LogP contribution is 2.32. The van der Waals surface area contributed by atoms with Crippen molar-refractivity contribution in [2.45, 2.75) is 0 Å². The summed E-state index contributed by atoms with van der Waals surface area (Å²) < 4.78 is 29.4. The molecule has 0 fully saturated rings. The van der Waals surface area contributed by atoms with Gasteiger partial charge in [0.15, 0.2) is 28.2 Å². The fourth-order valence-corrected chi connectivity index (χ4v) is 3.37. The van der Waals surface area contributed by atoms with Crippen LogP contribution >= 0.6 is 11.3 Å². The van der Waals surface area contributed by atoms with Gasteiger partial charge >= 0.3 is 0 Å². The van der Waals surface area contributed by atoms with Gasteiger partial charge in [0, 0.05) is 22.6 Å². The van der Waals surface area contributed by atoms with Gasteiger partial charge in [0.2, 0.25) is 5.91 Å². The zero-order chi connectivity index (χ0) is 20.8. The van der Waals surface area contributed by atoms with E-state index in [4.69, 9.17) is 14.2 Å². The molecule has 3 rings (SSSR count). The quantitative estimate of drug-likeness (QED) is 0.571. The number of anilines is 1. The fraction of sp³-hybridized carbons (Fsp3) is 0.143. The van der Waals surface area contributed by atoms with E-state index in [1.54, 1.807) is 36.8 Å². The van der Waals surface area contributed by atoms with Gasteiger partial charge in [-0.2, -0.15) is 0 Å². The minimum absolute atomic E-state index is 0.163. The van der Waals surface area contributed by atoms with Crippen molar-refractivity contribution in [2.24, 2.45) is 0 Å². The Morgan fingerprint density at radius 3 is 2.59 bits per heavy atom. The number of thiazole rings is 1. The van der Waals surface area contributed by atoms with Crippen molar-refractivity contribution in [2.75, 3.05) is 26.6 Å². The Labute approximate surface area is 171 Å². The van der Waals surface area contributed by atoms with Gasteiger partial charge in [-0.3, -0.25) is 10.1 Å². The first-order chi connectivity index (χ1) is 14.0. The molecule has 0 atom stereocenters. The summed E-state index contributed by atoms with van der Waals surface area (Å²) in [5.74, 6) is 0.453. The number of rotatable bonds is 7. The van der Waals surface area contributed by atoms with Gasteiger partial charge in [0.05, 0.1) is 27.0 Å². The molecule has 0 saturated heterocycles. The predicted molar refractivity (Wildman–Crippen MR) is 111 cm³/mol. The molecule has 2 aromatic carbocycles. The van der Waals surface area contributed by atoms with E-state index in [0.717, 1.165) is 0 Å². The third kappa shape index (κ3) is 4.72. The number of hydrogen-bond donors (Lipinski definition) is 1. The van der Waals surface area contributed by atoms with Gasteiger partial charge in [0.25, 0.3) is 0 Å². The van der Waals surface area contributed by atoms with E-state index >= 15 is 0 Å². The molecule has 1 amide bonds. The number of amides is 1. The molecule has 6 nitrogen and oxygen atoms in total. The van der Waals surface area contributed by atoms with Crippen molar-refractivity contribution in [1.29, 1.82) is 0 Å². The second-order valence-electron chi connectivity index (χ2n) is 5.79. The van der Waals surface area contributed by atoms with Gasteiger partial charge in [-0.25, -0.2) is 9.37 Å². The summed E-state index contributed by atoms with van der Waals surface area (Å²) in [5.41, 5.74) is 1.86. The molecule has 0 radical (unpaired) electrons. The van der Waals surface area contributed by atoms with Crippen molar-refractivity contribution in [3.8, 4) is 28.5 Å². The van der Waals surface area contributed by atoms with Crippen molar-refractivity contribution in [3.63, 3.8) is 0 Å². The number of aromatic nitrogens is 1. The highest BCUT2D eigenvalue weighted by molar-refractivity contribution is 7.14. The van der Waals surface area contributed by atoms with Crippen molar-refractivity contribution >= 4 is 28.5 Å². The highest BCUT2D eigenvalue weighted by atomic mass is 32.1. The summed E-state index contributed by atoms with van der Waals surface area (Å²) in [6.45, 7) is 0. The summed E-state index contributed by atoms with van der Waals surface area (Å²) in [7, 11) is 4.49. The summed E-state index contributed by atoms with van der Waals surface area (Å²) >= 11 is 1.25. The van der Waals surface area contributed by atoms with Crippen LogP contribution in [0.1, 0.15) is 5.56 Å². The molecule has 1 heterocycles. The topological polar surface area (TPSA) is 69.7 Å². The largest absolute Gasteiger partial charge is 0.494 e. The molecule has 0 bridgehead atoms. The SMILES string of the molecule is COc1ccc(-c2csc(NC(=O)/C=C/c3cccc(OC)c3OC)n2)cc1F. The minimum Gasteiger partial charge on any atom is -0.494 e. The molecule has 0 spiro atoms. The Morgan fingerprint density at radius 2 is 1.90 bits per heavy atom. The average Bonchev–Trinajstić information content (AvgIpc) is 3.20. The number of benzene rings is 2. The zero-order valence-electron chi connectivity index (χ0n) is 16.1. The smallest absolute Gasteiger partial charge is 0.250 e. The molecule has 0 saturated carbocycles. The summed E-state index contributed by atoms with van der Waals surface area (Å²) in [6.07, 6.45) is 3.01. The minimum atomic E-state index is -0.473. The molecule has 1 N–H and O–H groups in total. The zero-order valence-corrected chi connectivity index (χ0v) is 16.9. The normalized spacial score (nSPS) is 10.8. The number of para-hydroxylation sites is 1. The van der Waals surface area contributed by atoms with Gasteiger partial charge in [0.1, 0.15) is 0 Å². The van der Waals surface area contributed by atoms with E-state index in [1.165, 1.54) is 43.8 Å². The number of ether oxygens (including phenoxy) is 3. The Balaban J connectivity index is 1.71. The lowest BCUT2D eigenvalue weighted by Crippen LogP contribution is -2.07. The molecule has 0 aliphatic carbocycles. The fourth-order valence-electron chi connectivity index (χ4n) is 2.65. The van der Waals surface area contributed by atoms with Crippen LogP contribution in [0.2, 0.25) is 0 Å². The molecule has 1 aromatic heterocycles. The molecule has 0 aliphatic rings. The summed E-state index contributed by atoms with van der Waals surface area (Å²) in [5, 5.41) is 4.84. The predicted octanol–water partition coefficient (Wildman–Crippen LogP) is 4.63. The van der Waals surface area contributed by atoms with Crippen LogP contribution in [0.3, 0.4) is 0 Å². The molecular formula is C21H19FN2O4S. The van der Waals surface area contributed by atoms with E-state index in [0.29, 0.717) is 33.5 Å². The van der Waals surface area contributed by atoms with E-state index in [2.05, 4.69) is 10.3 Å². The Morgan fingerprint density at radius 1 is 1.10 bits per heavy atom. The molecule has 0 aliphatic heterocycles. The standard InChI is InChI=1S/C21H19FN2O4S/c1-26-17-9-7-14(11-15(17)22)16-12-29-21(23-16)24-19(25)10-8-13-5-4-6-18(27-2)20(13)28-3/h4-12H,1-3H3,(H,23,24,25)/b10-8+. The van der Waals surface area contributed by atoms with Crippen LogP contribution in [0, 0.1) is 5.82 Å². The molecule has 8 heteroatoms. The number of carbonyl (C=O) groups is 1. The van der Waals surface area contributed by atoms with E-state index in [9.17, 15) is 9.18 Å². The number of halogens is 1. The maximum absolute atomic E-state index is 13.9. The number of nitrogens with one attached hydrogen (secondary N) is 1. The lowest BCUT2D eigenvalue weighted by molar-refractivity contribution is -0.111. The molecular weight excluding hydrogens is 395 g/mol. The second-order valence-corrected chi connectivity index (χ2v) is 6.65. The summed E-state index contributed by atoms with van der Waals surface area (Å²) in [4.78, 5) is 16.6. The number of nitrogens with zero attached hydrogens (tertiary/aromatic N) is 1. The number of hydrogen-bond acceptors (Lipinski definition) is 6. The van der Waals surface area contributed by atoms with E-state index < -0.39 is 5.82 Å². The van der Waals surface area contributed by atoms with Crippen LogP contribution in [0.25, 0.3) is 17.3 Å². The Bertz CT molecular complexity index is 1050. The van der Waals surface area contributed by atoms with Crippen LogP contribution < -0.4 is 19.5 Å². The molecule has 150 valence electrons. The van der Waals surface area contributed by atoms with Crippen LogP contribution in [0.4, 0.5) is 9.52 Å². The lowest BCUT2D eigenvalue weighted by atomic mass is 10.1. The van der Waals surface area contributed by atoms with Crippen molar-refractivity contribution < 1.29 is 23.4 Å². The van der Waals surface area contributed by atoms with Crippen LogP contribution in [-0.4, -0.2) is 32.2 Å². The first kappa shape index (κ1) is 20.3. The van der Waals surface area contributed by atoms with Crippen molar-refractivity contribution in [3.05, 3.63) is 59.2 Å². The maximum atomic E-state index is 13.9. The lowest BCUT2D eigenvalue weighted by Gasteiger charge is -2.09. The van der Waals surface area contributed by atoms with Crippen LogP contribution in [0.5, 0.6) is 17.2 Å². The Kier molecular flexibility index (Phi) is 6.46. The average molecular weight is 414 g/mol. The molecule has 3 aromatic rings. The highest BCUT2D eigenvalue weighted by Gasteiger charge is 2.11. The van der Waals surface area contributed by atoms with Crippen LogP contribution in [0.15, 0.2) is 47.9 Å². The third-order valence-corrected chi connectivity index (χ3v) is 4.79. The van der Waals surface area contributed by atoms with Gasteiger partial charge in [-0.05, 0) is 30.3 Å². The Hall–Kier alpha value is -3.39. The molecule has 0 unspecified atom stereocenters. The number of methoxy groups -OCH3 is 3. The van der Waals surface area contributed by atoms with E-state index in [-0.39, 0.29) is 11.7 Å². The first-order valence-electron chi connectivity index (χ1n) is 8.55. The van der Waals surface area contributed by atoms with Crippen molar-refractivity contribution in [1.82, 2.24) is 4.98 Å². The van der Waals surface area contributed by atoms with E-state index in [1.807, 2.05) is 6.07 Å². The maximum Gasteiger partial charge on any atom is 0.250 e. The third-order valence-electron chi connectivity index (χ3n) is 4.03. The van der Waals surface area contributed by atoms with Gasteiger partial charge < -0.3 is 14.2 Å².